The van der Waals surface area contributed by atoms with E-state index in [4.69, 9.17) is 21.4 Å². The van der Waals surface area contributed by atoms with E-state index in [1.54, 1.807) is 0 Å². The minimum Gasteiger partial charge on any atom is -0.478 e. The summed E-state index contributed by atoms with van der Waals surface area (Å²) < 4.78 is 5.54. The number of carbonyl (C=O) groups is 1. The second kappa shape index (κ2) is 5.06. The second-order valence-corrected chi connectivity index (χ2v) is 4.07. The van der Waals surface area contributed by atoms with Gasteiger partial charge in [0.05, 0.1) is 0 Å². The smallest absolute Gasteiger partial charge is 0.339 e. The Morgan fingerprint density at radius 2 is 2.18 bits per heavy atom. The lowest BCUT2D eigenvalue weighted by Crippen LogP contribution is -2.03. The van der Waals surface area contributed by atoms with E-state index in [2.05, 4.69) is 0 Å². The van der Waals surface area contributed by atoms with Crippen molar-refractivity contribution in [1.29, 1.82) is 0 Å². The van der Waals surface area contributed by atoms with Gasteiger partial charge in [-0.3, -0.25) is 0 Å². The maximum atomic E-state index is 11.0. The van der Waals surface area contributed by atoms with Crippen LogP contribution in [0.5, 0.6) is 5.75 Å². The van der Waals surface area contributed by atoms with Gasteiger partial charge in [0, 0.05) is 11.1 Å². The first kappa shape index (κ1) is 11.7. The number of carboxylic acids is 1. The van der Waals surface area contributed by atoms with Crippen molar-refractivity contribution in [2.75, 3.05) is 0 Å². The third-order valence-electron chi connectivity index (χ3n) is 2.36. The number of ether oxygens (including phenoxy) is 1. The topological polar surface area (TPSA) is 46.5 Å². The third-order valence-corrected chi connectivity index (χ3v) is 2.60. The first-order valence-electron chi connectivity index (χ1n) is 5.24. The normalized spacial score (nSPS) is 14.3. The van der Waals surface area contributed by atoms with Crippen LogP contribution in [0.25, 0.3) is 0 Å². The van der Waals surface area contributed by atoms with Crippen molar-refractivity contribution in [2.45, 2.75) is 12.8 Å². The van der Waals surface area contributed by atoms with Crippen molar-refractivity contribution < 1.29 is 14.6 Å². The summed E-state index contributed by atoms with van der Waals surface area (Å²) >= 11 is 5.83. The average Bonchev–Trinajstić information content (AvgIpc) is 2.30. The van der Waals surface area contributed by atoms with E-state index in [1.807, 2.05) is 18.2 Å². The highest BCUT2D eigenvalue weighted by Gasteiger charge is 2.13. The van der Waals surface area contributed by atoms with E-state index in [-0.39, 0.29) is 11.3 Å². The zero-order chi connectivity index (χ0) is 12.3. The lowest BCUT2D eigenvalue weighted by atomic mass is 10.1. The van der Waals surface area contributed by atoms with Crippen LogP contribution in [0.3, 0.4) is 0 Å². The van der Waals surface area contributed by atoms with Crippen molar-refractivity contribution in [3.8, 4) is 5.75 Å². The Bertz CT molecular complexity index is 503. The number of carboxylic acid groups (broad SMARTS) is 1. The van der Waals surface area contributed by atoms with Crippen molar-refractivity contribution in [2.24, 2.45) is 0 Å². The molecule has 0 heterocycles. The molecule has 0 saturated heterocycles. The van der Waals surface area contributed by atoms with Gasteiger partial charge in [-0.05, 0) is 37.1 Å². The molecule has 0 amide bonds. The lowest BCUT2D eigenvalue weighted by molar-refractivity contribution is 0.0694. The van der Waals surface area contributed by atoms with Gasteiger partial charge in [0.25, 0.3) is 0 Å². The van der Waals surface area contributed by atoms with E-state index in [0.717, 1.165) is 12.8 Å². The van der Waals surface area contributed by atoms with Crippen LogP contribution in [0.1, 0.15) is 23.2 Å². The summed E-state index contributed by atoms with van der Waals surface area (Å²) in [5.41, 5.74) is 0.106. The largest absolute Gasteiger partial charge is 0.478 e. The van der Waals surface area contributed by atoms with E-state index >= 15 is 0 Å². The Labute approximate surface area is 104 Å². The van der Waals surface area contributed by atoms with E-state index in [9.17, 15) is 4.79 Å². The Balaban J connectivity index is 2.30. The molecule has 0 spiro atoms. The molecule has 0 bridgehead atoms. The molecule has 1 N–H and O–H groups in total. The molecule has 0 unspecified atom stereocenters. The first-order valence-corrected chi connectivity index (χ1v) is 5.62. The molecule has 0 saturated carbocycles. The Hall–Kier alpha value is -1.74. The van der Waals surface area contributed by atoms with Crippen molar-refractivity contribution in [3.05, 3.63) is 52.8 Å². The van der Waals surface area contributed by atoms with Crippen molar-refractivity contribution >= 4 is 17.6 Å². The summed E-state index contributed by atoms with van der Waals surface area (Å²) in [5, 5.41) is 9.47. The van der Waals surface area contributed by atoms with E-state index < -0.39 is 5.97 Å². The molecule has 0 atom stereocenters. The van der Waals surface area contributed by atoms with Crippen LogP contribution in [-0.2, 0) is 0 Å². The van der Waals surface area contributed by atoms with Crippen molar-refractivity contribution in [3.63, 3.8) is 0 Å². The zero-order valence-electron chi connectivity index (χ0n) is 9.02. The quantitative estimate of drug-likeness (QED) is 0.891. The van der Waals surface area contributed by atoms with Crippen LogP contribution in [0, 0.1) is 0 Å². The molecule has 0 aromatic heterocycles. The van der Waals surface area contributed by atoms with Crippen LogP contribution in [0.2, 0.25) is 5.02 Å². The molecule has 4 heteroatoms. The predicted molar refractivity (Wildman–Crippen MR) is 65.5 cm³/mol. The molecule has 1 aromatic carbocycles. The predicted octanol–water partition coefficient (Wildman–Crippen LogP) is 3.65. The molecule has 0 fully saturated rings. The maximum absolute atomic E-state index is 11.0. The highest BCUT2D eigenvalue weighted by molar-refractivity contribution is 6.30. The first-order chi connectivity index (χ1) is 8.16. The zero-order valence-corrected chi connectivity index (χ0v) is 9.78. The van der Waals surface area contributed by atoms with Gasteiger partial charge in [0.1, 0.15) is 17.1 Å². The number of aromatic carboxylic acids is 1. The molecule has 88 valence electrons. The standard InChI is InChI=1S/C13H11ClO3/c14-9-6-7-11(13(15)16)12(8-9)17-10-4-2-1-3-5-10/h2,4-8H,1,3H2,(H,15,16). The SMILES string of the molecule is O=C(O)c1ccc(Cl)cc1OC1=CCCC=C1. The van der Waals surface area contributed by atoms with Gasteiger partial charge in [0.15, 0.2) is 0 Å². The van der Waals surface area contributed by atoms with Crippen LogP contribution >= 0.6 is 11.6 Å². The minimum absolute atomic E-state index is 0.106. The summed E-state index contributed by atoms with van der Waals surface area (Å²) in [7, 11) is 0. The minimum atomic E-state index is -1.03. The van der Waals surface area contributed by atoms with Gasteiger partial charge >= 0.3 is 5.97 Å². The fourth-order valence-electron chi connectivity index (χ4n) is 1.55. The van der Waals surface area contributed by atoms with Crippen LogP contribution < -0.4 is 4.74 Å². The van der Waals surface area contributed by atoms with Gasteiger partial charge in [-0.25, -0.2) is 4.79 Å². The molecule has 17 heavy (non-hydrogen) atoms. The Morgan fingerprint density at radius 3 is 2.82 bits per heavy atom. The van der Waals surface area contributed by atoms with Gasteiger partial charge in [-0.1, -0.05) is 17.7 Å². The summed E-state index contributed by atoms with van der Waals surface area (Å²) in [6.07, 6.45) is 7.62. The number of hydrogen-bond donors (Lipinski definition) is 1. The molecule has 3 nitrogen and oxygen atoms in total. The van der Waals surface area contributed by atoms with Gasteiger partial charge in [-0.2, -0.15) is 0 Å². The third kappa shape index (κ3) is 2.88. The Kier molecular flexibility index (Phi) is 3.49. The fourth-order valence-corrected chi connectivity index (χ4v) is 1.71. The number of rotatable bonds is 3. The Morgan fingerprint density at radius 1 is 1.35 bits per heavy atom. The van der Waals surface area contributed by atoms with Crippen LogP contribution in [-0.4, -0.2) is 11.1 Å². The molecular weight excluding hydrogens is 240 g/mol. The number of allylic oxidation sites excluding steroid dienone is 3. The molecule has 1 aromatic rings. The van der Waals surface area contributed by atoms with Gasteiger partial charge in [0.2, 0.25) is 0 Å². The summed E-state index contributed by atoms with van der Waals surface area (Å²) in [5.74, 6) is -0.110. The lowest BCUT2D eigenvalue weighted by Gasteiger charge is -2.11. The molecule has 2 rings (SSSR count). The molecular formula is C13H11ClO3. The van der Waals surface area contributed by atoms with Gasteiger partial charge < -0.3 is 9.84 Å². The number of benzene rings is 1. The summed E-state index contributed by atoms with van der Waals surface area (Å²) in [6, 6.07) is 4.48. The molecule has 0 radical (unpaired) electrons. The van der Waals surface area contributed by atoms with E-state index in [1.165, 1.54) is 18.2 Å². The van der Waals surface area contributed by atoms with Crippen LogP contribution in [0.4, 0.5) is 0 Å². The number of hydrogen-bond acceptors (Lipinski definition) is 2. The summed E-state index contributed by atoms with van der Waals surface area (Å²) in [4.78, 5) is 11.0. The molecule has 1 aliphatic rings. The van der Waals surface area contributed by atoms with Crippen molar-refractivity contribution in [1.82, 2.24) is 0 Å². The van der Waals surface area contributed by atoms with Gasteiger partial charge in [-0.15, -0.1) is 0 Å². The van der Waals surface area contributed by atoms with Crippen LogP contribution in [0.15, 0.2) is 42.2 Å². The summed E-state index contributed by atoms with van der Waals surface area (Å²) in [6.45, 7) is 0. The monoisotopic (exact) mass is 250 g/mol. The highest BCUT2D eigenvalue weighted by Crippen LogP contribution is 2.26. The average molecular weight is 251 g/mol. The fraction of sp³-hybridized carbons (Fsp3) is 0.154. The molecule has 1 aliphatic carbocycles. The maximum Gasteiger partial charge on any atom is 0.339 e. The van der Waals surface area contributed by atoms with E-state index in [0.29, 0.717) is 10.8 Å². The number of halogens is 1. The molecule has 0 aliphatic heterocycles. The highest BCUT2D eigenvalue weighted by atomic mass is 35.5. The second-order valence-electron chi connectivity index (χ2n) is 3.63.